The van der Waals surface area contributed by atoms with Crippen LogP contribution in [0.5, 0.6) is 0 Å². The fraction of sp³-hybridized carbons (Fsp3) is 0.231. The number of aryl methyl sites for hydroxylation is 2. The Morgan fingerprint density at radius 1 is 0.867 bits per heavy atom. The number of esters is 1. The molecule has 0 aliphatic rings. The smallest absolute Gasteiger partial charge is 0.338 e. The minimum absolute atomic E-state index is 0.186. The standard InChI is InChI=1S/C26H27NO3/c1-19-13-14-23(20(2)17-19)26(29)30-18-25(28)27-16-15-24(21-9-5-3-6-10-21)22-11-7-4-8-12-22/h3-14,17,24H,15-16,18H2,1-2H3,(H,27,28). The van der Waals surface area contributed by atoms with Crippen LogP contribution in [0, 0.1) is 13.8 Å². The van der Waals surface area contributed by atoms with Crippen molar-refractivity contribution in [2.45, 2.75) is 26.2 Å². The molecular weight excluding hydrogens is 374 g/mol. The molecular formula is C26H27NO3. The maximum Gasteiger partial charge on any atom is 0.338 e. The van der Waals surface area contributed by atoms with E-state index in [4.69, 9.17) is 4.74 Å². The Balaban J connectivity index is 1.52. The highest BCUT2D eigenvalue weighted by molar-refractivity contribution is 5.92. The first-order chi connectivity index (χ1) is 14.5. The predicted molar refractivity (Wildman–Crippen MR) is 119 cm³/mol. The molecule has 3 aromatic rings. The minimum Gasteiger partial charge on any atom is -0.452 e. The summed E-state index contributed by atoms with van der Waals surface area (Å²) in [7, 11) is 0. The van der Waals surface area contributed by atoms with Gasteiger partial charge in [0.25, 0.3) is 5.91 Å². The first-order valence-electron chi connectivity index (χ1n) is 10.2. The van der Waals surface area contributed by atoms with E-state index in [0.717, 1.165) is 17.5 Å². The van der Waals surface area contributed by atoms with Gasteiger partial charge in [-0.15, -0.1) is 0 Å². The molecule has 0 spiro atoms. The summed E-state index contributed by atoms with van der Waals surface area (Å²) in [6, 6.07) is 26.0. The Hall–Kier alpha value is -3.40. The SMILES string of the molecule is Cc1ccc(C(=O)OCC(=O)NCCC(c2ccccc2)c2ccccc2)c(C)c1. The van der Waals surface area contributed by atoms with Crippen LogP contribution >= 0.6 is 0 Å². The van der Waals surface area contributed by atoms with Gasteiger partial charge in [-0.2, -0.15) is 0 Å². The average Bonchev–Trinajstić information content (AvgIpc) is 2.76. The first kappa shape index (κ1) is 21.3. The van der Waals surface area contributed by atoms with Gasteiger partial charge in [-0.1, -0.05) is 78.4 Å². The maximum absolute atomic E-state index is 12.2. The number of rotatable bonds is 8. The molecule has 0 atom stereocenters. The lowest BCUT2D eigenvalue weighted by atomic mass is 9.88. The molecule has 1 amide bonds. The Labute approximate surface area is 177 Å². The monoisotopic (exact) mass is 401 g/mol. The zero-order chi connectivity index (χ0) is 21.3. The van der Waals surface area contributed by atoms with Gasteiger partial charge in [0.05, 0.1) is 5.56 Å². The van der Waals surface area contributed by atoms with Crippen molar-refractivity contribution in [2.75, 3.05) is 13.2 Å². The van der Waals surface area contributed by atoms with Crippen molar-refractivity contribution in [2.24, 2.45) is 0 Å². The normalized spacial score (nSPS) is 10.6. The molecule has 3 rings (SSSR count). The highest BCUT2D eigenvalue weighted by atomic mass is 16.5. The third kappa shape index (κ3) is 5.80. The van der Waals surface area contributed by atoms with Gasteiger partial charge in [0.1, 0.15) is 0 Å². The van der Waals surface area contributed by atoms with Crippen molar-refractivity contribution >= 4 is 11.9 Å². The van der Waals surface area contributed by atoms with E-state index in [0.29, 0.717) is 12.1 Å². The van der Waals surface area contributed by atoms with Crippen molar-refractivity contribution < 1.29 is 14.3 Å². The van der Waals surface area contributed by atoms with Crippen LogP contribution in [0.3, 0.4) is 0 Å². The highest BCUT2D eigenvalue weighted by Crippen LogP contribution is 2.27. The lowest BCUT2D eigenvalue weighted by molar-refractivity contribution is -0.124. The summed E-state index contributed by atoms with van der Waals surface area (Å²) in [5.41, 5.74) is 4.82. The lowest BCUT2D eigenvalue weighted by Gasteiger charge is -2.18. The Kier molecular flexibility index (Phi) is 7.39. The van der Waals surface area contributed by atoms with Gasteiger partial charge in [0.15, 0.2) is 6.61 Å². The van der Waals surface area contributed by atoms with Gasteiger partial charge in [-0.3, -0.25) is 4.79 Å². The van der Waals surface area contributed by atoms with Crippen LogP contribution in [0.4, 0.5) is 0 Å². The number of hydrogen-bond donors (Lipinski definition) is 1. The zero-order valence-electron chi connectivity index (χ0n) is 17.4. The molecule has 0 aromatic heterocycles. The molecule has 0 heterocycles. The summed E-state index contributed by atoms with van der Waals surface area (Å²) in [6.45, 7) is 4.03. The zero-order valence-corrected chi connectivity index (χ0v) is 17.4. The van der Waals surface area contributed by atoms with Gasteiger partial charge < -0.3 is 10.1 Å². The molecule has 0 saturated heterocycles. The summed E-state index contributed by atoms with van der Waals surface area (Å²) in [5, 5.41) is 2.87. The summed E-state index contributed by atoms with van der Waals surface area (Å²) in [5.74, 6) is -0.590. The van der Waals surface area contributed by atoms with E-state index in [1.54, 1.807) is 6.07 Å². The maximum atomic E-state index is 12.2. The van der Waals surface area contributed by atoms with Gasteiger partial charge in [-0.05, 0) is 43.0 Å². The summed E-state index contributed by atoms with van der Waals surface area (Å²) < 4.78 is 5.19. The fourth-order valence-corrected chi connectivity index (χ4v) is 3.55. The van der Waals surface area contributed by atoms with Gasteiger partial charge in [-0.25, -0.2) is 4.79 Å². The molecule has 154 valence electrons. The molecule has 0 saturated carbocycles. The van der Waals surface area contributed by atoms with Crippen LogP contribution in [-0.2, 0) is 9.53 Å². The number of benzene rings is 3. The van der Waals surface area contributed by atoms with Gasteiger partial charge in [0, 0.05) is 12.5 Å². The second-order valence-electron chi connectivity index (χ2n) is 7.41. The molecule has 0 aliphatic heterocycles. The largest absolute Gasteiger partial charge is 0.452 e. The van der Waals surface area contributed by atoms with Crippen LogP contribution < -0.4 is 5.32 Å². The Morgan fingerprint density at radius 2 is 1.47 bits per heavy atom. The Bertz CT molecular complexity index is 944. The highest BCUT2D eigenvalue weighted by Gasteiger charge is 2.15. The molecule has 0 unspecified atom stereocenters. The number of nitrogens with one attached hydrogen (secondary N) is 1. The number of carbonyl (C=O) groups excluding carboxylic acids is 2. The second-order valence-corrected chi connectivity index (χ2v) is 7.41. The van der Waals surface area contributed by atoms with Crippen LogP contribution in [0.1, 0.15) is 45.0 Å². The van der Waals surface area contributed by atoms with E-state index in [-0.39, 0.29) is 18.4 Å². The van der Waals surface area contributed by atoms with E-state index < -0.39 is 5.97 Å². The van der Waals surface area contributed by atoms with Crippen LogP contribution in [0.2, 0.25) is 0 Å². The predicted octanol–water partition coefficient (Wildman–Crippen LogP) is 4.80. The minimum atomic E-state index is -0.478. The molecule has 30 heavy (non-hydrogen) atoms. The topological polar surface area (TPSA) is 55.4 Å². The Morgan fingerprint density at radius 3 is 2.03 bits per heavy atom. The molecule has 4 nitrogen and oxygen atoms in total. The lowest BCUT2D eigenvalue weighted by Crippen LogP contribution is -2.30. The molecule has 0 radical (unpaired) electrons. The number of hydrogen-bond acceptors (Lipinski definition) is 3. The average molecular weight is 402 g/mol. The fourth-order valence-electron chi connectivity index (χ4n) is 3.55. The molecule has 0 aliphatic carbocycles. The molecule has 4 heteroatoms. The van der Waals surface area contributed by atoms with Crippen molar-refractivity contribution in [3.05, 3.63) is 107 Å². The third-order valence-electron chi connectivity index (χ3n) is 5.10. The van der Waals surface area contributed by atoms with Gasteiger partial charge in [0.2, 0.25) is 0 Å². The van der Waals surface area contributed by atoms with Crippen molar-refractivity contribution in [3.63, 3.8) is 0 Å². The van der Waals surface area contributed by atoms with E-state index >= 15 is 0 Å². The molecule has 0 bridgehead atoms. The van der Waals surface area contributed by atoms with Crippen molar-refractivity contribution in [1.29, 1.82) is 0 Å². The quantitative estimate of drug-likeness (QED) is 0.552. The van der Waals surface area contributed by atoms with E-state index in [1.165, 1.54) is 11.1 Å². The molecule has 0 fully saturated rings. The summed E-state index contributed by atoms with van der Waals surface area (Å²) in [6.07, 6.45) is 0.755. The summed E-state index contributed by atoms with van der Waals surface area (Å²) in [4.78, 5) is 24.4. The number of amides is 1. The van der Waals surface area contributed by atoms with E-state index in [1.807, 2.05) is 62.4 Å². The first-order valence-corrected chi connectivity index (χ1v) is 10.2. The van der Waals surface area contributed by atoms with Crippen molar-refractivity contribution in [1.82, 2.24) is 5.32 Å². The van der Waals surface area contributed by atoms with E-state index in [2.05, 4.69) is 29.6 Å². The summed E-state index contributed by atoms with van der Waals surface area (Å²) >= 11 is 0. The van der Waals surface area contributed by atoms with Crippen LogP contribution in [0.25, 0.3) is 0 Å². The third-order valence-corrected chi connectivity index (χ3v) is 5.10. The van der Waals surface area contributed by atoms with E-state index in [9.17, 15) is 9.59 Å². The molecule has 1 N–H and O–H groups in total. The van der Waals surface area contributed by atoms with Crippen molar-refractivity contribution in [3.8, 4) is 0 Å². The molecule has 3 aromatic carbocycles. The van der Waals surface area contributed by atoms with Crippen LogP contribution in [-0.4, -0.2) is 25.0 Å². The van der Waals surface area contributed by atoms with Crippen LogP contribution in [0.15, 0.2) is 78.9 Å². The number of ether oxygens (including phenoxy) is 1. The second kappa shape index (κ2) is 10.4. The van der Waals surface area contributed by atoms with Gasteiger partial charge >= 0.3 is 5.97 Å². The number of carbonyl (C=O) groups is 2.